The molecule has 1 N–H and O–H groups in total. The van der Waals surface area contributed by atoms with Crippen LogP contribution in [0.1, 0.15) is 25.3 Å². The summed E-state index contributed by atoms with van der Waals surface area (Å²) < 4.78 is 5.56. The van der Waals surface area contributed by atoms with Crippen LogP contribution in [0.5, 0.6) is 5.75 Å². The molecule has 0 saturated carbocycles. The first kappa shape index (κ1) is 12.8. The zero-order chi connectivity index (χ0) is 12.1. The van der Waals surface area contributed by atoms with Gasteiger partial charge in [-0.2, -0.15) is 0 Å². The van der Waals surface area contributed by atoms with Crippen molar-refractivity contribution < 1.29 is 14.6 Å². The lowest BCUT2D eigenvalue weighted by atomic mass is 10.2. The van der Waals surface area contributed by atoms with E-state index in [9.17, 15) is 4.79 Å². The molecule has 16 heavy (non-hydrogen) atoms. The van der Waals surface area contributed by atoms with Crippen molar-refractivity contribution in [1.29, 1.82) is 0 Å². The molecular formula is C12H15ClO3. The van der Waals surface area contributed by atoms with Gasteiger partial charge in [0.05, 0.1) is 11.1 Å². The number of ether oxygens (including phenoxy) is 1. The Labute approximate surface area is 100.0 Å². The van der Waals surface area contributed by atoms with E-state index >= 15 is 0 Å². The fraction of sp³-hybridized carbons (Fsp3) is 0.417. The number of benzene rings is 1. The van der Waals surface area contributed by atoms with Gasteiger partial charge in [-0.15, -0.1) is 0 Å². The SMILES string of the molecule is Cc1ccc(OC(C)CCC(=O)O)c(Cl)c1. The molecule has 0 saturated heterocycles. The molecule has 0 aliphatic carbocycles. The number of halogens is 1. The first-order valence-corrected chi connectivity index (χ1v) is 5.51. The average Bonchev–Trinajstić information content (AvgIpc) is 2.19. The van der Waals surface area contributed by atoms with Crippen molar-refractivity contribution in [2.24, 2.45) is 0 Å². The zero-order valence-corrected chi connectivity index (χ0v) is 10.1. The van der Waals surface area contributed by atoms with E-state index in [1.165, 1.54) is 0 Å². The van der Waals surface area contributed by atoms with Gasteiger partial charge in [0.25, 0.3) is 0 Å². The fourth-order valence-electron chi connectivity index (χ4n) is 1.30. The van der Waals surface area contributed by atoms with Crippen LogP contribution in [0.3, 0.4) is 0 Å². The molecule has 88 valence electrons. The Morgan fingerprint density at radius 2 is 2.25 bits per heavy atom. The van der Waals surface area contributed by atoms with Crippen molar-refractivity contribution in [3.8, 4) is 5.75 Å². The lowest BCUT2D eigenvalue weighted by Crippen LogP contribution is -2.13. The Morgan fingerprint density at radius 3 is 2.81 bits per heavy atom. The normalized spacial score (nSPS) is 12.2. The lowest BCUT2D eigenvalue weighted by molar-refractivity contribution is -0.137. The molecule has 4 heteroatoms. The molecule has 0 aliphatic heterocycles. The average molecular weight is 243 g/mol. The topological polar surface area (TPSA) is 46.5 Å². The van der Waals surface area contributed by atoms with Gasteiger partial charge < -0.3 is 9.84 Å². The molecule has 0 heterocycles. The van der Waals surface area contributed by atoms with Crippen molar-refractivity contribution in [3.05, 3.63) is 28.8 Å². The predicted molar refractivity (Wildman–Crippen MR) is 63.1 cm³/mol. The second kappa shape index (κ2) is 5.75. The summed E-state index contributed by atoms with van der Waals surface area (Å²) in [6.45, 7) is 3.78. The summed E-state index contributed by atoms with van der Waals surface area (Å²) >= 11 is 5.99. The first-order chi connectivity index (χ1) is 7.49. The van der Waals surface area contributed by atoms with E-state index < -0.39 is 5.97 Å². The number of rotatable bonds is 5. The third-order valence-electron chi connectivity index (χ3n) is 2.18. The van der Waals surface area contributed by atoms with E-state index in [0.29, 0.717) is 17.2 Å². The van der Waals surface area contributed by atoms with Crippen LogP contribution in [0, 0.1) is 6.92 Å². The molecule has 1 aromatic rings. The van der Waals surface area contributed by atoms with Crippen LogP contribution in [0.15, 0.2) is 18.2 Å². The molecule has 0 amide bonds. The molecular weight excluding hydrogens is 228 g/mol. The van der Waals surface area contributed by atoms with Crippen LogP contribution in [0.2, 0.25) is 5.02 Å². The van der Waals surface area contributed by atoms with E-state index in [-0.39, 0.29) is 12.5 Å². The quantitative estimate of drug-likeness (QED) is 0.862. The number of carbonyl (C=O) groups is 1. The summed E-state index contributed by atoms with van der Waals surface area (Å²) in [5.41, 5.74) is 1.07. The van der Waals surface area contributed by atoms with Gasteiger partial charge in [-0.3, -0.25) is 4.79 Å². The van der Waals surface area contributed by atoms with Crippen molar-refractivity contribution in [2.45, 2.75) is 32.8 Å². The molecule has 1 aromatic carbocycles. The fourth-order valence-corrected chi connectivity index (χ4v) is 1.58. The van der Waals surface area contributed by atoms with Crippen LogP contribution in [-0.2, 0) is 4.79 Å². The van der Waals surface area contributed by atoms with Crippen molar-refractivity contribution in [1.82, 2.24) is 0 Å². The zero-order valence-electron chi connectivity index (χ0n) is 9.37. The highest BCUT2D eigenvalue weighted by Gasteiger charge is 2.09. The monoisotopic (exact) mass is 242 g/mol. The van der Waals surface area contributed by atoms with Crippen molar-refractivity contribution in [2.75, 3.05) is 0 Å². The van der Waals surface area contributed by atoms with Gasteiger partial charge in [-0.25, -0.2) is 0 Å². The largest absolute Gasteiger partial charge is 0.489 e. The van der Waals surface area contributed by atoms with E-state index in [1.54, 1.807) is 6.07 Å². The number of hydrogen-bond acceptors (Lipinski definition) is 2. The number of hydrogen-bond donors (Lipinski definition) is 1. The minimum absolute atomic E-state index is 0.102. The standard InChI is InChI=1S/C12H15ClO3/c1-8-3-5-11(10(13)7-8)16-9(2)4-6-12(14)15/h3,5,7,9H,4,6H2,1-2H3,(H,14,15). The predicted octanol–water partition coefficient (Wildman–Crippen LogP) is 3.28. The van der Waals surface area contributed by atoms with Gasteiger partial charge in [0.2, 0.25) is 0 Å². The lowest BCUT2D eigenvalue weighted by Gasteiger charge is -2.15. The summed E-state index contributed by atoms with van der Waals surface area (Å²) in [6.07, 6.45) is 0.417. The second-order valence-electron chi connectivity index (χ2n) is 3.79. The highest BCUT2D eigenvalue weighted by Crippen LogP contribution is 2.26. The van der Waals surface area contributed by atoms with Crippen LogP contribution in [0.25, 0.3) is 0 Å². The molecule has 3 nitrogen and oxygen atoms in total. The molecule has 1 rings (SSSR count). The Morgan fingerprint density at radius 1 is 1.56 bits per heavy atom. The third-order valence-corrected chi connectivity index (χ3v) is 2.48. The van der Waals surface area contributed by atoms with E-state index in [2.05, 4.69) is 0 Å². The van der Waals surface area contributed by atoms with Crippen LogP contribution in [-0.4, -0.2) is 17.2 Å². The second-order valence-corrected chi connectivity index (χ2v) is 4.20. The minimum atomic E-state index is -0.814. The van der Waals surface area contributed by atoms with E-state index in [4.69, 9.17) is 21.4 Å². The molecule has 0 radical (unpaired) electrons. The van der Waals surface area contributed by atoms with Crippen molar-refractivity contribution >= 4 is 17.6 Å². The van der Waals surface area contributed by atoms with Crippen LogP contribution in [0.4, 0.5) is 0 Å². The number of aliphatic carboxylic acids is 1. The summed E-state index contributed by atoms with van der Waals surface area (Å²) in [4.78, 5) is 10.4. The smallest absolute Gasteiger partial charge is 0.303 e. The summed E-state index contributed by atoms with van der Waals surface area (Å²) in [6, 6.07) is 5.53. The van der Waals surface area contributed by atoms with Gasteiger partial charge in [0, 0.05) is 6.42 Å². The Balaban J connectivity index is 2.55. The molecule has 0 aromatic heterocycles. The van der Waals surface area contributed by atoms with Crippen LogP contribution < -0.4 is 4.74 Å². The maximum Gasteiger partial charge on any atom is 0.303 e. The van der Waals surface area contributed by atoms with Crippen LogP contribution >= 0.6 is 11.6 Å². The number of carboxylic acid groups (broad SMARTS) is 1. The minimum Gasteiger partial charge on any atom is -0.489 e. The summed E-state index contributed by atoms with van der Waals surface area (Å²) in [5, 5.41) is 9.10. The maximum atomic E-state index is 10.4. The highest BCUT2D eigenvalue weighted by molar-refractivity contribution is 6.32. The molecule has 1 atom stereocenters. The first-order valence-electron chi connectivity index (χ1n) is 5.13. The molecule has 1 unspecified atom stereocenters. The van der Waals surface area contributed by atoms with Gasteiger partial charge >= 0.3 is 5.97 Å². The highest BCUT2D eigenvalue weighted by atomic mass is 35.5. The van der Waals surface area contributed by atoms with Crippen molar-refractivity contribution in [3.63, 3.8) is 0 Å². The Hall–Kier alpha value is -1.22. The van der Waals surface area contributed by atoms with E-state index in [0.717, 1.165) is 5.56 Å². The summed E-state index contributed by atoms with van der Waals surface area (Å²) in [5.74, 6) is -0.212. The van der Waals surface area contributed by atoms with Gasteiger partial charge in [-0.1, -0.05) is 17.7 Å². The maximum absolute atomic E-state index is 10.4. The molecule has 0 spiro atoms. The number of aryl methyl sites for hydroxylation is 1. The Kier molecular flexibility index (Phi) is 4.62. The molecule has 0 aliphatic rings. The third kappa shape index (κ3) is 4.11. The number of carboxylic acids is 1. The molecule has 0 fully saturated rings. The molecule has 0 bridgehead atoms. The van der Waals surface area contributed by atoms with E-state index in [1.807, 2.05) is 26.0 Å². The summed E-state index contributed by atoms with van der Waals surface area (Å²) in [7, 11) is 0. The van der Waals surface area contributed by atoms with Gasteiger partial charge in [0.1, 0.15) is 5.75 Å². The van der Waals surface area contributed by atoms with Gasteiger partial charge in [-0.05, 0) is 38.0 Å². The Bertz CT molecular complexity index is 377. The van der Waals surface area contributed by atoms with Gasteiger partial charge in [0.15, 0.2) is 0 Å².